The number of carbonyl (C=O) groups excluding carboxylic acids is 1. The van der Waals surface area contributed by atoms with E-state index in [1.165, 1.54) is 0 Å². The highest BCUT2D eigenvalue weighted by atomic mass is 16.6. The highest BCUT2D eigenvalue weighted by Gasteiger charge is 2.30. The number of carbonyl (C=O) groups is 1. The van der Waals surface area contributed by atoms with Gasteiger partial charge in [0.15, 0.2) is 6.10 Å². The molecule has 0 spiro atoms. The Morgan fingerprint density at radius 3 is 2.64 bits per heavy atom. The Balaban J connectivity index is 2.46. The van der Waals surface area contributed by atoms with Crippen molar-refractivity contribution in [2.45, 2.75) is 25.9 Å². The molecule has 1 rings (SSSR count). The molecule has 1 fully saturated rings. The first kappa shape index (κ1) is 11.5. The summed E-state index contributed by atoms with van der Waals surface area (Å²) in [5.74, 6) is 0.0854. The van der Waals surface area contributed by atoms with Crippen LogP contribution in [0.2, 0.25) is 0 Å². The second-order valence-corrected chi connectivity index (χ2v) is 3.50. The largest absolute Gasteiger partial charge is 0.464 e. The fourth-order valence-corrected chi connectivity index (χ4v) is 1.85. The lowest BCUT2D eigenvalue weighted by molar-refractivity contribution is -0.159. The fourth-order valence-electron chi connectivity index (χ4n) is 1.85. The third-order valence-electron chi connectivity index (χ3n) is 2.58. The molecule has 0 radical (unpaired) electrons. The first-order chi connectivity index (χ1) is 6.79. The van der Waals surface area contributed by atoms with Crippen LogP contribution in [0.4, 0.5) is 0 Å². The lowest BCUT2D eigenvalue weighted by Crippen LogP contribution is -2.40. The summed E-state index contributed by atoms with van der Waals surface area (Å²) in [5.41, 5.74) is 0. The van der Waals surface area contributed by atoms with Crippen LogP contribution in [0.25, 0.3) is 0 Å². The molecule has 1 atom stereocenters. The molecule has 82 valence electrons. The van der Waals surface area contributed by atoms with E-state index in [0.717, 1.165) is 25.9 Å². The van der Waals surface area contributed by atoms with Gasteiger partial charge in [-0.2, -0.15) is 0 Å². The molecule has 1 heterocycles. The lowest BCUT2D eigenvalue weighted by atomic mass is 9.92. The molecule has 0 bridgehead atoms. The van der Waals surface area contributed by atoms with E-state index < -0.39 is 0 Å². The van der Waals surface area contributed by atoms with Gasteiger partial charge >= 0.3 is 5.97 Å². The van der Waals surface area contributed by atoms with Gasteiger partial charge in [0.2, 0.25) is 0 Å². The van der Waals surface area contributed by atoms with E-state index >= 15 is 0 Å². The van der Waals surface area contributed by atoms with Gasteiger partial charge in [-0.25, -0.2) is 4.79 Å². The standard InChI is InChI=1S/C10H19NO3/c1-3-14-10(12)9(13-2)8-4-6-11-7-5-8/h8-9,11H,3-7H2,1-2H3. The van der Waals surface area contributed by atoms with Crippen molar-refractivity contribution < 1.29 is 14.3 Å². The Kier molecular flexibility index (Phi) is 4.90. The zero-order valence-electron chi connectivity index (χ0n) is 8.91. The molecule has 1 saturated heterocycles. The van der Waals surface area contributed by atoms with Gasteiger partial charge in [0.25, 0.3) is 0 Å². The van der Waals surface area contributed by atoms with Gasteiger partial charge in [-0.15, -0.1) is 0 Å². The Hall–Kier alpha value is -0.610. The Bertz CT molecular complexity index is 178. The average molecular weight is 201 g/mol. The van der Waals surface area contributed by atoms with Crippen molar-refractivity contribution in [1.82, 2.24) is 5.32 Å². The Morgan fingerprint density at radius 2 is 2.14 bits per heavy atom. The first-order valence-corrected chi connectivity index (χ1v) is 5.19. The van der Waals surface area contributed by atoms with Crippen molar-refractivity contribution in [1.29, 1.82) is 0 Å². The summed E-state index contributed by atoms with van der Waals surface area (Å²) in [5, 5.41) is 3.26. The minimum Gasteiger partial charge on any atom is -0.464 e. The van der Waals surface area contributed by atoms with Gasteiger partial charge in [0, 0.05) is 7.11 Å². The summed E-state index contributed by atoms with van der Waals surface area (Å²) in [6.45, 7) is 4.16. The van der Waals surface area contributed by atoms with Crippen molar-refractivity contribution in [3.05, 3.63) is 0 Å². The predicted molar refractivity (Wildman–Crippen MR) is 53.0 cm³/mol. The first-order valence-electron chi connectivity index (χ1n) is 5.19. The Labute approximate surface area is 85.0 Å². The molecule has 1 aliphatic heterocycles. The zero-order valence-corrected chi connectivity index (χ0v) is 8.91. The average Bonchev–Trinajstić information content (AvgIpc) is 2.21. The highest BCUT2D eigenvalue weighted by molar-refractivity contribution is 5.75. The van der Waals surface area contributed by atoms with E-state index in [-0.39, 0.29) is 12.1 Å². The van der Waals surface area contributed by atoms with Crippen LogP contribution < -0.4 is 5.32 Å². The van der Waals surface area contributed by atoms with Gasteiger partial charge in [0.05, 0.1) is 6.61 Å². The predicted octanol–water partition coefficient (Wildman–Crippen LogP) is 0.564. The fraction of sp³-hybridized carbons (Fsp3) is 0.900. The van der Waals surface area contributed by atoms with Crippen LogP contribution in [0.1, 0.15) is 19.8 Å². The molecular weight excluding hydrogens is 182 g/mol. The number of hydrogen-bond acceptors (Lipinski definition) is 4. The summed E-state index contributed by atoms with van der Waals surface area (Å²) in [6, 6.07) is 0. The maximum atomic E-state index is 11.5. The summed E-state index contributed by atoms with van der Waals surface area (Å²) < 4.78 is 10.2. The maximum absolute atomic E-state index is 11.5. The number of nitrogens with one attached hydrogen (secondary N) is 1. The summed E-state index contributed by atoms with van der Waals surface area (Å²) in [4.78, 5) is 11.5. The van der Waals surface area contributed by atoms with E-state index in [1.54, 1.807) is 7.11 Å². The van der Waals surface area contributed by atoms with Crippen LogP contribution in [0.15, 0.2) is 0 Å². The van der Waals surface area contributed by atoms with Crippen molar-refractivity contribution in [3.63, 3.8) is 0 Å². The van der Waals surface area contributed by atoms with Gasteiger partial charge in [-0.3, -0.25) is 0 Å². The van der Waals surface area contributed by atoms with E-state index in [4.69, 9.17) is 9.47 Å². The van der Waals surface area contributed by atoms with Gasteiger partial charge in [0.1, 0.15) is 0 Å². The number of rotatable bonds is 4. The molecule has 0 amide bonds. The van der Waals surface area contributed by atoms with Gasteiger partial charge in [-0.05, 0) is 38.8 Å². The van der Waals surface area contributed by atoms with Crippen molar-refractivity contribution in [2.75, 3.05) is 26.8 Å². The molecular formula is C10H19NO3. The zero-order chi connectivity index (χ0) is 10.4. The number of esters is 1. The highest BCUT2D eigenvalue weighted by Crippen LogP contribution is 2.19. The van der Waals surface area contributed by atoms with Crippen molar-refractivity contribution in [2.24, 2.45) is 5.92 Å². The molecule has 1 unspecified atom stereocenters. The molecule has 4 heteroatoms. The molecule has 14 heavy (non-hydrogen) atoms. The number of piperidine rings is 1. The summed E-state index contributed by atoms with van der Waals surface area (Å²) in [6.07, 6.45) is 1.59. The van der Waals surface area contributed by atoms with E-state index in [0.29, 0.717) is 12.5 Å². The normalized spacial score (nSPS) is 20.4. The second-order valence-electron chi connectivity index (χ2n) is 3.50. The van der Waals surface area contributed by atoms with Crippen LogP contribution in [-0.4, -0.2) is 38.9 Å². The molecule has 4 nitrogen and oxygen atoms in total. The Morgan fingerprint density at radius 1 is 1.50 bits per heavy atom. The smallest absolute Gasteiger partial charge is 0.335 e. The molecule has 0 aromatic carbocycles. The van der Waals surface area contributed by atoms with E-state index in [2.05, 4.69) is 5.32 Å². The van der Waals surface area contributed by atoms with Crippen LogP contribution in [0.3, 0.4) is 0 Å². The van der Waals surface area contributed by atoms with Gasteiger partial charge < -0.3 is 14.8 Å². The lowest BCUT2D eigenvalue weighted by Gasteiger charge is -2.27. The van der Waals surface area contributed by atoms with Crippen LogP contribution in [0, 0.1) is 5.92 Å². The minimum atomic E-state index is -0.378. The number of ether oxygens (including phenoxy) is 2. The quantitative estimate of drug-likeness (QED) is 0.675. The topological polar surface area (TPSA) is 47.6 Å². The molecule has 0 saturated carbocycles. The second kappa shape index (κ2) is 5.98. The summed E-state index contributed by atoms with van der Waals surface area (Å²) in [7, 11) is 1.57. The van der Waals surface area contributed by atoms with Crippen molar-refractivity contribution >= 4 is 5.97 Å². The molecule has 1 aliphatic rings. The van der Waals surface area contributed by atoms with Gasteiger partial charge in [-0.1, -0.05) is 0 Å². The minimum absolute atomic E-state index is 0.220. The maximum Gasteiger partial charge on any atom is 0.335 e. The van der Waals surface area contributed by atoms with E-state index in [1.807, 2.05) is 6.92 Å². The van der Waals surface area contributed by atoms with Crippen molar-refractivity contribution in [3.8, 4) is 0 Å². The third-order valence-corrected chi connectivity index (χ3v) is 2.58. The van der Waals surface area contributed by atoms with E-state index in [9.17, 15) is 4.79 Å². The SMILES string of the molecule is CCOC(=O)C(OC)C1CCNCC1. The van der Waals surface area contributed by atoms with Crippen LogP contribution in [-0.2, 0) is 14.3 Å². The molecule has 0 aliphatic carbocycles. The number of hydrogen-bond donors (Lipinski definition) is 1. The van der Waals surface area contributed by atoms with Crippen LogP contribution >= 0.6 is 0 Å². The summed E-state index contributed by atoms with van der Waals surface area (Å²) >= 11 is 0. The third kappa shape index (κ3) is 2.96. The molecule has 0 aromatic heterocycles. The molecule has 0 aromatic rings. The molecule has 1 N–H and O–H groups in total. The number of methoxy groups -OCH3 is 1. The van der Waals surface area contributed by atoms with Crippen LogP contribution in [0.5, 0.6) is 0 Å². The monoisotopic (exact) mass is 201 g/mol.